The minimum Gasteiger partial charge on any atom is -0.455 e. The molecule has 0 fully saturated rings. The molecule has 0 atom stereocenters. The first-order valence-corrected chi connectivity index (χ1v) is 8.27. The number of nitrogens with zero attached hydrogens (tertiary/aromatic N) is 3. The Balaban J connectivity index is 1.77. The maximum absolute atomic E-state index is 6.08. The quantitative estimate of drug-likeness (QED) is 0.460. The lowest BCUT2D eigenvalue weighted by atomic mass is 10.1. The summed E-state index contributed by atoms with van der Waals surface area (Å²) >= 11 is 0. The molecule has 0 aliphatic carbocycles. The Hall–Kier alpha value is -3.47. The molecule has 2 heterocycles. The fourth-order valence-corrected chi connectivity index (χ4v) is 3.15. The van der Waals surface area contributed by atoms with Gasteiger partial charge in [0.1, 0.15) is 11.2 Å². The van der Waals surface area contributed by atoms with Gasteiger partial charge in [0, 0.05) is 16.3 Å². The van der Waals surface area contributed by atoms with Gasteiger partial charge < -0.3 is 4.42 Å². The zero-order valence-corrected chi connectivity index (χ0v) is 13.8. The Morgan fingerprint density at radius 2 is 1.38 bits per heavy atom. The van der Waals surface area contributed by atoms with Crippen molar-refractivity contribution in [2.75, 3.05) is 0 Å². The van der Waals surface area contributed by atoms with Gasteiger partial charge in [0.15, 0.2) is 19.5 Å². The molecule has 5 aromatic rings. The van der Waals surface area contributed by atoms with Crippen LogP contribution in [-0.2, 0) is 0 Å². The summed E-state index contributed by atoms with van der Waals surface area (Å²) in [7, 11) is 5.96. The van der Waals surface area contributed by atoms with Crippen LogP contribution in [0, 0.1) is 0 Å². The van der Waals surface area contributed by atoms with Crippen LogP contribution in [0.2, 0.25) is 0 Å². The average Bonchev–Trinajstić information content (AvgIpc) is 3.07. The zero-order valence-electron chi connectivity index (χ0n) is 13.8. The molecule has 5 rings (SSSR count). The number of hydrogen-bond donors (Lipinski definition) is 0. The monoisotopic (exact) mass is 333 g/mol. The van der Waals surface area contributed by atoms with Crippen molar-refractivity contribution in [1.82, 2.24) is 15.0 Å². The summed E-state index contributed by atoms with van der Waals surface area (Å²) in [6.07, 6.45) is 0. The lowest BCUT2D eigenvalue weighted by Gasteiger charge is -2.06. The normalized spacial score (nSPS) is 11.2. The van der Waals surface area contributed by atoms with E-state index in [-0.39, 0.29) is 5.72 Å². The number of benzene rings is 3. The van der Waals surface area contributed by atoms with Gasteiger partial charge in [-0.15, -0.1) is 0 Å². The molecule has 3 aromatic carbocycles. The predicted octanol–water partition coefficient (Wildman–Crippen LogP) is 3.90. The Kier molecular flexibility index (Phi) is 3.32. The van der Waals surface area contributed by atoms with Crippen molar-refractivity contribution in [1.29, 1.82) is 0 Å². The third-order valence-electron chi connectivity index (χ3n) is 4.33. The second-order valence-electron chi connectivity index (χ2n) is 5.99. The van der Waals surface area contributed by atoms with Crippen molar-refractivity contribution < 1.29 is 4.42 Å². The van der Waals surface area contributed by atoms with Gasteiger partial charge >= 0.3 is 0 Å². The maximum atomic E-state index is 6.08. The molecule has 0 N–H and O–H groups in total. The fourth-order valence-electron chi connectivity index (χ4n) is 3.15. The smallest absolute Gasteiger partial charge is 0.170 e. The first-order valence-electron chi connectivity index (χ1n) is 8.27. The van der Waals surface area contributed by atoms with E-state index in [0.717, 1.165) is 33.1 Å². The van der Waals surface area contributed by atoms with Crippen LogP contribution in [0.4, 0.5) is 0 Å². The van der Waals surface area contributed by atoms with E-state index in [0.29, 0.717) is 11.6 Å². The molecule has 0 saturated heterocycles. The van der Waals surface area contributed by atoms with E-state index >= 15 is 0 Å². The Morgan fingerprint density at radius 1 is 0.654 bits per heavy atom. The molecular formula is C21H12BN3O. The second kappa shape index (κ2) is 5.81. The highest BCUT2D eigenvalue weighted by molar-refractivity contribution is 6.29. The van der Waals surface area contributed by atoms with Crippen LogP contribution in [-0.4, -0.2) is 22.8 Å². The molecular weight excluding hydrogens is 321 g/mol. The van der Waals surface area contributed by atoms with Crippen LogP contribution in [0.3, 0.4) is 0 Å². The van der Waals surface area contributed by atoms with Crippen molar-refractivity contribution in [3.8, 4) is 22.8 Å². The highest BCUT2D eigenvalue weighted by Gasteiger charge is 2.15. The minimum atomic E-state index is 0.182. The van der Waals surface area contributed by atoms with Crippen molar-refractivity contribution >= 4 is 35.5 Å². The second-order valence-corrected chi connectivity index (χ2v) is 5.99. The van der Waals surface area contributed by atoms with Crippen molar-refractivity contribution in [2.45, 2.75) is 0 Å². The predicted molar refractivity (Wildman–Crippen MR) is 103 cm³/mol. The SMILES string of the molecule is [B]c1nc(-c2ccccc2)nc(-c2cccc3c2oc2ccccc23)n1. The molecule has 2 aromatic heterocycles. The van der Waals surface area contributed by atoms with Crippen LogP contribution < -0.4 is 5.72 Å². The molecule has 5 heteroatoms. The highest BCUT2D eigenvalue weighted by atomic mass is 16.3. The van der Waals surface area contributed by atoms with Crippen molar-refractivity contribution in [3.05, 3.63) is 72.8 Å². The lowest BCUT2D eigenvalue weighted by Crippen LogP contribution is -2.16. The average molecular weight is 333 g/mol. The summed E-state index contributed by atoms with van der Waals surface area (Å²) in [5.74, 6) is 1.04. The standard InChI is InChI=1S/C21H12BN3O/c22-21-24-19(13-7-2-1-3-8-13)23-20(25-21)16-11-6-10-15-14-9-4-5-12-17(14)26-18(15)16/h1-12H. The molecule has 26 heavy (non-hydrogen) atoms. The molecule has 2 radical (unpaired) electrons. The molecule has 0 spiro atoms. The van der Waals surface area contributed by atoms with E-state index in [1.54, 1.807) is 0 Å². The molecule has 120 valence electrons. The lowest BCUT2D eigenvalue weighted by molar-refractivity contribution is 0.669. The summed E-state index contributed by atoms with van der Waals surface area (Å²) < 4.78 is 6.08. The molecule has 0 aliphatic rings. The Labute approximate surface area is 151 Å². The highest BCUT2D eigenvalue weighted by Crippen LogP contribution is 2.34. The Bertz CT molecular complexity index is 1250. The number of furan rings is 1. The van der Waals surface area contributed by atoms with Gasteiger partial charge in [-0.1, -0.05) is 60.7 Å². The summed E-state index contributed by atoms with van der Waals surface area (Å²) in [5.41, 5.74) is 3.45. The van der Waals surface area contributed by atoms with Crippen LogP contribution in [0.1, 0.15) is 0 Å². The van der Waals surface area contributed by atoms with Crippen LogP contribution in [0.25, 0.3) is 44.7 Å². The molecule has 0 aliphatic heterocycles. The molecule has 0 bridgehead atoms. The van der Waals surface area contributed by atoms with Gasteiger partial charge in [-0.2, -0.15) is 0 Å². The van der Waals surface area contributed by atoms with E-state index in [1.807, 2.05) is 72.8 Å². The summed E-state index contributed by atoms with van der Waals surface area (Å²) in [4.78, 5) is 13.3. The Morgan fingerprint density at radius 3 is 2.27 bits per heavy atom. The third-order valence-corrected chi connectivity index (χ3v) is 4.33. The largest absolute Gasteiger partial charge is 0.455 e. The number of fused-ring (bicyclic) bond motifs is 3. The molecule has 0 amide bonds. The van der Waals surface area contributed by atoms with Crippen LogP contribution in [0.5, 0.6) is 0 Å². The van der Waals surface area contributed by atoms with Crippen LogP contribution in [0.15, 0.2) is 77.2 Å². The first-order chi connectivity index (χ1) is 12.8. The van der Waals surface area contributed by atoms with E-state index < -0.39 is 0 Å². The van der Waals surface area contributed by atoms with Gasteiger partial charge in [-0.25, -0.2) is 15.0 Å². The van der Waals surface area contributed by atoms with Gasteiger partial charge in [0.25, 0.3) is 0 Å². The van der Waals surface area contributed by atoms with E-state index in [9.17, 15) is 0 Å². The summed E-state index contributed by atoms with van der Waals surface area (Å²) in [6, 6.07) is 23.6. The molecule has 4 nitrogen and oxygen atoms in total. The number of para-hydroxylation sites is 2. The first kappa shape index (κ1) is 14.8. The van der Waals surface area contributed by atoms with Crippen molar-refractivity contribution in [3.63, 3.8) is 0 Å². The van der Waals surface area contributed by atoms with E-state index in [2.05, 4.69) is 15.0 Å². The van der Waals surface area contributed by atoms with Gasteiger partial charge in [-0.05, 0) is 12.1 Å². The zero-order chi connectivity index (χ0) is 17.5. The maximum Gasteiger partial charge on any atom is 0.170 e. The number of hydrogen-bond acceptors (Lipinski definition) is 4. The van der Waals surface area contributed by atoms with Gasteiger partial charge in [0.2, 0.25) is 0 Å². The van der Waals surface area contributed by atoms with Crippen molar-refractivity contribution in [2.24, 2.45) is 0 Å². The molecule has 0 unspecified atom stereocenters. The topological polar surface area (TPSA) is 51.8 Å². The summed E-state index contributed by atoms with van der Waals surface area (Å²) in [6.45, 7) is 0. The fraction of sp³-hybridized carbons (Fsp3) is 0. The van der Waals surface area contributed by atoms with E-state index in [4.69, 9.17) is 12.3 Å². The number of aromatic nitrogens is 3. The summed E-state index contributed by atoms with van der Waals surface area (Å²) in [5, 5.41) is 2.09. The minimum absolute atomic E-state index is 0.182. The van der Waals surface area contributed by atoms with Gasteiger partial charge in [0.05, 0.1) is 11.3 Å². The van der Waals surface area contributed by atoms with E-state index in [1.165, 1.54) is 0 Å². The molecule has 0 saturated carbocycles. The van der Waals surface area contributed by atoms with Crippen LogP contribution >= 0.6 is 0 Å². The third kappa shape index (κ3) is 2.37. The van der Waals surface area contributed by atoms with Gasteiger partial charge in [-0.3, -0.25) is 0 Å². The number of rotatable bonds is 2.